The van der Waals surface area contributed by atoms with E-state index < -0.39 is 22.9 Å². The van der Waals surface area contributed by atoms with Crippen LogP contribution >= 0.6 is 0 Å². The smallest absolute Gasteiger partial charge is 0.341 e. The van der Waals surface area contributed by atoms with Crippen molar-refractivity contribution < 1.29 is 19.2 Å². The van der Waals surface area contributed by atoms with E-state index in [-0.39, 0.29) is 11.3 Å². The number of amides is 1. The minimum Gasteiger partial charge on any atom is -0.449 e. The number of esters is 1. The van der Waals surface area contributed by atoms with Crippen LogP contribution in [0.1, 0.15) is 28.4 Å². The van der Waals surface area contributed by atoms with Gasteiger partial charge in [0.2, 0.25) is 0 Å². The number of hydrogen-bond acceptors (Lipinski definition) is 6. The molecule has 0 bridgehead atoms. The summed E-state index contributed by atoms with van der Waals surface area (Å²) < 4.78 is 5.23. The van der Waals surface area contributed by atoms with Gasteiger partial charge in [-0.2, -0.15) is 0 Å². The van der Waals surface area contributed by atoms with Crippen molar-refractivity contribution in [1.29, 1.82) is 0 Å². The third-order valence-corrected chi connectivity index (χ3v) is 4.13. The van der Waals surface area contributed by atoms with Crippen LogP contribution in [-0.2, 0) is 16.1 Å². The van der Waals surface area contributed by atoms with E-state index in [1.807, 2.05) is 31.2 Å². The summed E-state index contributed by atoms with van der Waals surface area (Å²) in [6.07, 6.45) is -1.05. The summed E-state index contributed by atoms with van der Waals surface area (Å²) in [5.41, 5.74) is 2.30. The average Bonchev–Trinajstić information content (AvgIpc) is 2.66. The highest BCUT2D eigenvalue weighted by molar-refractivity contribution is 5.98. The highest BCUT2D eigenvalue weighted by atomic mass is 16.6. The Morgan fingerprint density at radius 3 is 2.39 bits per heavy atom. The molecule has 0 saturated heterocycles. The fourth-order valence-corrected chi connectivity index (χ4v) is 2.51. The first-order valence-corrected chi connectivity index (χ1v) is 8.69. The van der Waals surface area contributed by atoms with E-state index in [2.05, 4.69) is 5.32 Å². The Bertz CT molecular complexity index is 878. The lowest BCUT2D eigenvalue weighted by molar-refractivity contribution is -0.384. The molecule has 0 aromatic heterocycles. The number of benzene rings is 2. The van der Waals surface area contributed by atoms with Gasteiger partial charge in [-0.15, -0.1) is 0 Å². The number of rotatable bonds is 7. The van der Waals surface area contributed by atoms with Gasteiger partial charge in [0.05, 0.1) is 16.2 Å². The highest BCUT2D eigenvalue weighted by Gasteiger charge is 2.23. The molecule has 28 heavy (non-hydrogen) atoms. The number of nitro benzene ring substituents is 1. The van der Waals surface area contributed by atoms with Gasteiger partial charge in [-0.3, -0.25) is 14.9 Å². The lowest BCUT2D eigenvalue weighted by atomic mass is 10.1. The molecule has 0 unspecified atom stereocenters. The molecular formula is C20H23N3O5. The molecule has 2 aromatic carbocycles. The fourth-order valence-electron chi connectivity index (χ4n) is 2.51. The summed E-state index contributed by atoms with van der Waals surface area (Å²) in [4.78, 5) is 36.8. The minimum atomic E-state index is -1.05. The van der Waals surface area contributed by atoms with Crippen LogP contribution in [0.2, 0.25) is 0 Å². The molecule has 2 aromatic rings. The van der Waals surface area contributed by atoms with Gasteiger partial charge >= 0.3 is 5.97 Å². The first kappa shape index (κ1) is 20.9. The first-order valence-electron chi connectivity index (χ1n) is 8.69. The molecule has 0 aliphatic carbocycles. The van der Waals surface area contributed by atoms with Crippen molar-refractivity contribution in [2.45, 2.75) is 26.5 Å². The van der Waals surface area contributed by atoms with Gasteiger partial charge in [-0.25, -0.2) is 4.79 Å². The Morgan fingerprint density at radius 2 is 1.82 bits per heavy atom. The highest BCUT2D eigenvalue weighted by Crippen LogP contribution is 2.25. The lowest BCUT2D eigenvalue weighted by Crippen LogP contribution is -2.35. The van der Waals surface area contributed by atoms with Crippen molar-refractivity contribution in [3.05, 3.63) is 69.3 Å². The van der Waals surface area contributed by atoms with Crippen LogP contribution in [0.3, 0.4) is 0 Å². The number of nitrogens with zero attached hydrogens (tertiary/aromatic N) is 2. The largest absolute Gasteiger partial charge is 0.449 e. The number of nitrogens with one attached hydrogen (secondary N) is 1. The molecule has 1 N–H and O–H groups in total. The standard InChI is InChI=1S/C20H23N3O5/c1-13-5-7-15(8-6-13)12-21-19(24)14(2)28-20(25)17-11-16(23(26)27)9-10-18(17)22(3)4/h5-11,14H,12H2,1-4H3,(H,21,24)/t14-/m0/s1. The van der Waals surface area contributed by atoms with Gasteiger partial charge in [-0.05, 0) is 25.5 Å². The van der Waals surface area contributed by atoms with Crippen LogP contribution in [0.15, 0.2) is 42.5 Å². The van der Waals surface area contributed by atoms with Crippen LogP contribution in [0, 0.1) is 17.0 Å². The number of aryl methyl sites for hydroxylation is 1. The molecule has 0 aliphatic rings. The Morgan fingerprint density at radius 1 is 1.18 bits per heavy atom. The predicted molar refractivity (Wildman–Crippen MR) is 105 cm³/mol. The molecule has 2 rings (SSSR count). The monoisotopic (exact) mass is 385 g/mol. The minimum absolute atomic E-state index is 0.0254. The van der Waals surface area contributed by atoms with Crippen molar-refractivity contribution in [1.82, 2.24) is 5.32 Å². The first-order chi connectivity index (χ1) is 13.2. The van der Waals surface area contributed by atoms with Crippen molar-refractivity contribution in [3.8, 4) is 0 Å². The SMILES string of the molecule is Cc1ccc(CNC(=O)[C@H](C)OC(=O)c2cc([N+](=O)[O-])ccc2N(C)C)cc1. The molecule has 0 fully saturated rings. The van der Waals surface area contributed by atoms with Crippen molar-refractivity contribution >= 4 is 23.3 Å². The zero-order valence-corrected chi connectivity index (χ0v) is 16.3. The Kier molecular flexibility index (Phi) is 6.70. The Balaban J connectivity index is 2.06. The predicted octanol–water partition coefficient (Wildman–Crippen LogP) is 2.83. The summed E-state index contributed by atoms with van der Waals surface area (Å²) in [6, 6.07) is 11.6. The number of anilines is 1. The van der Waals surface area contributed by atoms with E-state index >= 15 is 0 Å². The van der Waals surface area contributed by atoms with E-state index in [9.17, 15) is 19.7 Å². The van der Waals surface area contributed by atoms with Gasteiger partial charge in [0.25, 0.3) is 11.6 Å². The van der Waals surface area contributed by atoms with Crippen LogP contribution in [0.4, 0.5) is 11.4 Å². The second kappa shape index (κ2) is 8.98. The quantitative estimate of drug-likeness (QED) is 0.447. The summed E-state index contributed by atoms with van der Waals surface area (Å²) >= 11 is 0. The number of nitro groups is 1. The number of non-ortho nitro benzene ring substituents is 1. The van der Waals surface area contributed by atoms with E-state index in [4.69, 9.17) is 4.74 Å². The summed E-state index contributed by atoms with van der Waals surface area (Å²) in [5.74, 6) is -1.25. The van der Waals surface area contributed by atoms with Crippen LogP contribution in [-0.4, -0.2) is 37.0 Å². The molecule has 1 atom stereocenters. The molecule has 1 amide bonds. The molecular weight excluding hydrogens is 362 g/mol. The second-order valence-corrected chi connectivity index (χ2v) is 6.60. The zero-order valence-electron chi connectivity index (χ0n) is 16.3. The molecule has 0 aliphatic heterocycles. The van der Waals surface area contributed by atoms with Crippen molar-refractivity contribution in [2.24, 2.45) is 0 Å². The number of hydrogen-bond donors (Lipinski definition) is 1. The molecule has 0 spiro atoms. The number of carbonyl (C=O) groups is 2. The van der Waals surface area contributed by atoms with Crippen molar-refractivity contribution in [2.75, 3.05) is 19.0 Å². The Labute approximate surface area is 163 Å². The molecule has 8 nitrogen and oxygen atoms in total. The average molecular weight is 385 g/mol. The van der Waals surface area contributed by atoms with E-state index in [1.165, 1.54) is 19.1 Å². The fraction of sp³-hybridized carbons (Fsp3) is 0.300. The van der Waals surface area contributed by atoms with Gasteiger partial charge in [0, 0.05) is 32.8 Å². The molecule has 0 saturated carbocycles. The summed E-state index contributed by atoms with van der Waals surface area (Å²) in [5, 5.41) is 13.7. The van der Waals surface area contributed by atoms with Crippen molar-refractivity contribution in [3.63, 3.8) is 0 Å². The molecule has 8 heteroatoms. The van der Waals surface area contributed by atoms with E-state index in [1.54, 1.807) is 19.0 Å². The number of ether oxygens (including phenoxy) is 1. The maximum absolute atomic E-state index is 12.5. The lowest BCUT2D eigenvalue weighted by Gasteiger charge is -2.18. The van der Waals surface area contributed by atoms with Gasteiger partial charge in [0.1, 0.15) is 0 Å². The zero-order chi connectivity index (χ0) is 20.8. The maximum atomic E-state index is 12.5. The topological polar surface area (TPSA) is 102 Å². The molecule has 148 valence electrons. The summed E-state index contributed by atoms with van der Waals surface area (Å²) in [7, 11) is 3.41. The Hall–Kier alpha value is -3.42. The summed E-state index contributed by atoms with van der Waals surface area (Å²) in [6.45, 7) is 3.73. The third-order valence-electron chi connectivity index (χ3n) is 4.13. The van der Waals surface area contributed by atoms with Crippen LogP contribution in [0.25, 0.3) is 0 Å². The maximum Gasteiger partial charge on any atom is 0.341 e. The van der Waals surface area contributed by atoms with E-state index in [0.717, 1.165) is 17.2 Å². The van der Waals surface area contributed by atoms with Gasteiger partial charge < -0.3 is 15.0 Å². The van der Waals surface area contributed by atoms with E-state index in [0.29, 0.717) is 12.2 Å². The van der Waals surface area contributed by atoms with Crippen LogP contribution < -0.4 is 10.2 Å². The van der Waals surface area contributed by atoms with Gasteiger partial charge in [0.15, 0.2) is 6.10 Å². The third kappa shape index (κ3) is 5.29. The number of carbonyl (C=O) groups excluding carboxylic acids is 2. The van der Waals surface area contributed by atoms with Gasteiger partial charge in [-0.1, -0.05) is 29.8 Å². The molecule has 0 radical (unpaired) electrons. The molecule has 0 heterocycles. The second-order valence-electron chi connectivity index (χ2n) is 6.60. The normalized spacial score (nSPS) is 11.4. The van der Waals surface area contributed by atoms with Crippen LogP contribution in [0.5, 0.6) is 0 Å².